The number of carbonyl (C=O) groups excluding carboxylic acids is 2. The van der Waals surface area contributed by atoms with Crippen LogP contribution in [0, 0.1) is 6.92 Å². The minimum atomic E-state index is -0.754. The first kappa shape index (κ1) is 26.6. The van der Waals surface area contributed by atoms with Crippen molar-refractivity contribution in [2.45, 2.75) is 13.0 Å². The summed E-state index contributed by atoms with van der Waals surface area (Å²) in [5, 5.41) is 10.7. The van der Waals surface area contributed by atoms with Crippen LogP contribution in [0.3, 0.4) is 0 Å². The highest BCUT2D eigenvalue weighted by molar-refractivity contribution is 6.09. The quantitative estimate of drug-likeness (QED) is 0.203. The summed E-state index contributed by atoms with van der Waals surface area (Å²) < 4.78 is 11.1. The van der Waals surface area contributed by atoms with Crippen molar-refractivity contribution in [1.29, 1.82) is 0 Å². The highest BCUT2D eigenvalue weighted by Gasteiger charge is 2.14. The van der Waals surface area contributed by atoms with Gasteiger partial charge >= 0.3 is 0 Å². The molecule has 5 aromatic carbocycles. The van der Waals surface area contributed by atoms with E-state index in [1.54, 1.807) is 104 Å². The minimum Gasteiger partial charge on any atom is -0.497 e. The first-order valence-corrected chi connectivity index (χ1v) is 12.9. The van der Waals surface area contributed by atoms with E-state index >= 15 is 0 Å². The van der Waals surface area contributed by atoms with E-state index in [0.717, 1.165) is 16.7 Å². The van der Waals surface area contributed by atoms with Gasteiger partial charge in [0.25, 0.3) is 0 Å². The van der Waals surface area contributed by atoms with E-state index in [2.05, 4.69) is 0 Å². The lowest BCUT2D eigenvalue weighted by Crippen LogP contribution is -2.03. The standard InChI is InChI=1S/C35H28O5/c1-23-3-5-24(6-4-23)33(36)25-7-9-26(10-8-25)34(37)28-13-19-31(20-14-28)40-32-21-15-29(16-22-32)35(38)27-11-17-30(39-2)18-12-27/h3-22,33,36H,1-2H3. The number of ether oxygens (including phenoxy) is 2. The Kier molecular flexibility index (Phi) is 7.85. The molecular weight excluding hydrogens is 500 g/mol. The predicted molar refractivity (Wildman–Crippen MR) is 154 cm³/mol. The average Bonchev–Trinajstić information content (AvgIpc) is 3.01. The number of carbonyl (C=O) groups is 2. The molecule has 5 aromatic rings. The van der Waals surface area contributed by atoms with Crippen LogP contribution in [0.5, 0.6) is 17.2 Å². The van der Waals surface area contributed by atoms with Crippen molar-refractivity contribution < 1.29 is 24.2 Å². The van der Waals surface area contributed by atoms with Crippen LogP contribution in [0.4, 0.5) is 0 Å². The fraction of sp³-hybridized carbons (Fsp3) is 0.0857. The zero-order valence-corrected chi connectivity index (χ0v) is 22.2. The molecule has 0 aliphatic rings. The van der Waals surface area contributed by atoms with Crippen LogP contribution in [0.25, 0.3) is 0 Å². The van der Waals surface area contributed by atoms with E-state index in [1.807, 2.05) is 31.2 Å². The maximum Gasteiger partial charge on any atom is 0.193 e. The molecule has 1 atom stereocenters. The molecule has 0 aromatic heterocycles. The van der Waals surface area contributed by atoms with E-state index in [1.165, 1.54) is 0 Å². The highest BCUT2D eigenvalue weighted by Crippen LogP contribution is 2.26. The highest BCUT2D eigenvalue weighted by atomic mass is 16.5. The summed E-state index contributed by atoms with van der Waals surface area (Å²) in [6.45, 7) is 2.00. The van der Waals surface area contributed by atoms with Crippen molar-refractivity contribution in [3.8, 4) is 17.2 Å². The maximum atomic E-state index is 13.0. The van der Waals surface area contributed by atoms with Crippen LogP contribution in [0.2, 0.25) is 0 Å². The number of ketones is 2. The summed E-state index contributed by atoms with van der Waals surface area (Å²) in [6, 6.07) is 35.5. The fourth-order valence-electron chi connectivity index (χ4n) is 4.32. The van der Waals surface area contributed by atoms with Gasteiger partial charge in [-0.15, -0.1) is 0 Å². The van der Waals surface area contributed by atoms with Gasteiger partial charge in [0.05, 0.1) is 7.11 Å². The van der Waals surface area contributed by atoms with E-state index in [0.29, 0.717) is 39.5 Å². The van der Waals surface area contributed by atoms with Crippen molar-refractivity contribution >= 4 is 11.6 Å². The second-order valence-electron chi connectivity index (χ2n) is 9.47. The number of benzene rings is 5. The number of hydrogen-bond acceptors (Lipinski definition) is 5. The molecule has 0 amide bonds. The Hall–Kier alpha value is -5.00. The molecule has 5 rings (SSSR count). The summed E-state index contributed by atoms with van der Waals surface area (Å²) in [4.78, 5) is 25.8. The van der Waals surface area contributed by atoms with Gasteiger partial charge in [-0.1, -0.05) is 54.1 Å². The molecule has 0 fully saturated rings. The first-order chi connectivity index (χ1) is 19.4. The Morgan fingerprint density at radius 3 is 1.23 bits per heavy atom. The normalized spacial score (nSPS) is 11.5. The molecular formula is C35H28O5. The Labute approximate surface area is 233 Å². The summed E-state index contributed by atoms with van der Waals surface area (Å²) in [5.74, 6) is 1.63. The monoisotopic (exact) mass is 528 g/mol. The molecule has 0 aliphatic heterocycles. The smallest absolute Gasteiger partial charge is 0.193 e. The van der Waals surface area contributed by atoms with E-state index in [4.69, 9.17) is 9.47 Å². The van der Waals surface area contributed by atoms with E-state index in [9.17, 15) is 14.7 Å². The van der Waals surface area contributed by atoms with Gasteiger partial charge < -0.3 is 14.6 Å². The molecule has 0 saturated carbocycles. The third-order valence-corrected chi connectivity index (χ3v) is 6.70. The van der Waals surface area contributed by atoms with Crippen molar-refractivity contribution in [2.75, 3.05) is 7.11 Å². The molecule has 5 nitrogen and oxygen atoms in total. The van der Waals surface area contributed by atoms with Gasteiger partial charge in [-0.3, -0.25) is 9.59 Å². The summed E-state index contributed by atoms with van der Waals surface area (Å²) in [7, 11) is 1.58. The van der Waals surface area contributed by atoms with Crippen LogP contribution in [0.15, 0.2) is 121 Å². The number of methoxy groups -OCH3 is 1. The van der Waals surface area contributed by atoms with Crippen molar-refractivity contribution in [3.05, 3.63) is 160 Å². The lowest BCUT2D eigenvalue weighted by atomic mass is 9.97. The van der Waals surface area contributed by atoms with Gasteiger partial charge in [0.1, 0.15) is 23.4 Å². The lowest BCUT2D eigenvalue weighted by molar-refractivity contribution is 0.103. The molecule has 5 heteroatoms. The van der Waals surface area contributed by atoms with Crippen LogP contribution in [-0.4, -0.2) is 23.8 Å². The summed E-state index contributed by atoms with van der Waals surface area (Å²) in [6.07, 6.45) is -0.754. The summed E-state index contributed by atoms with van der Waals surface area (Å²) >= 11 is 0. The topological polar surface area (TPSA) is 72.8 Å². The minimum absolute atomic E-state index is 0.0882. The molecule has 1 N–H and O–H groups in total. The Balaban J connectivity index is 1.21. The largest absolute Gasteiger partial charge is 0.497 e. The van der Waals surface area contributed by atoms with Gasteiger partial charge in [0.2, 0.25) is 0 Å². The first-order valence-electron chi connectivity index (χ1n) is 12.9. The van der Waals surface area contributed by atoms with Crippen molar-refractivity contribution in [3.63, 3.8) is 0 Å². The molecule has 1 unspecified atom stereocenters. The Bertz CT molecular complexity index is 1600. The van der Waals surface area contributed by atoms with Gasteiger partial charge in [-0.05, 0) is 90.8 Å². The number of aliphatic hydroxyl groups excluding tert-OH is 1. The van der Waals surface area contributed by atoms with E-state index in [-0.39, 0.29) is 11.6 Å². The molecule has 0 saturated heterocycles. The van der Waals surface area contributed by atoms with Gasteiger partial charge in [0, 0.05) is 22.3 Å². The SMILES string of the molecule is COc1ccc(C(=O)c2ccc(Oc3ccc(C(=O)c4ccc(C(O)c5ccc(C)cc5)cc4)cc3)cc2)cc1. The molecule has 0 bridgehead atoms. The van der Waals surface area contributed by atoms with Crippen LogP contribution < -0.4 is 9.47 Å². The van der Waals surface area contributed by atoms with Crippen LogP contribution in [-0.2, 0) is 0 Å². The number of aliphatic hydroxyl groups is 1. The zero-order valence-electron chi connectivity index (χ0n) is 22.2. The van der Waals surface area contributed by atoms with Gasteiger partial charge in [-0.2, -0.15) is 0 Å². The molecule has 0 aliphatic carbocycles. The Morgan fingerprint density at radius 2 is 0.850 bits per heavy atom. The summed E-state index contributed by atoms with van der Waals surface area (Å²) in [5.41, 5.74) is 4.84. The van der Waals surface area contributed by atoms with Crippen LogP contribution >= 0.6 is 0 Å². The number of aryl methyl sites for hydroxylation is 1. The molecule has 0 radical (unpaired) electrons. The second-order valence-corrected chi connectivity index (χ2v) is 9.47. The molecule has 0 heterocycles. The average molecular weight is 529 g/mol. The second kappa shape index (κ2) is 11.8. The number of rotatable bonds is 9. The predicted octanol–water partition coefficient (Wildman–Crippen LogP) is 7.34. The Morgan fingerprint density at radius 1 is 0.525 bits per heavy atom. The maximum absolute atomic E-state index is 13.0. The third-order valence-electron chi connectivity index (χ3n) is 6.70. The lowest BCUT2D eigenvalue weighted by Gasteiger charge is -2.12. The van der Waals surface area contributed by atoms with Gasteiger partial charge in [-0.25, -0.2) is 0 Å². The molecule has 198 valence electrons. The van der Waals surface area contributed by atoms with Crippen LogP contribution in [0.1, 0.15) is 54.6 Å². The molecule has 0 spiro atoms. The van der Waals surface area contributed by atoms with Crippen molar-refractivity contribution in [1.82, 2.24) is 0 Å². The number of hydrogen-bond donors (Lipinski definition) is 1. The molecule has 40 heavy (non-hydrogen) atoms. The van der Waals surface area contributed by atoms with Crippen molar-refractivity contribution in [2.24, 2.45) is 0 Å². The van der Waals surface area contributed by atoms with E-state index < -0.39 is 6.10 Å². The fourth-order valence-corrected chi connectivity index (χ4v) is 4.32. The zero-order chi connectivity index (χ0) is 28.1. The third kappa shape index (κ3) is 6.01. The van der Waals surface area contributed by atoms with Gasteiger partial charge in [0.15, 0.2) is 11.6 Å².